The summed E-state index contributed by atoms with van der Waals surface area (Å²) in [5.74, 6) is 0. The van der Waals surface area contributed by atoms with Crippen molar-refractivity contribution in [2.24, 2.45) is 0 Å². The lowest BCUT2D eigenvalue weighted by Gasteiger charge is -2.25. The zero-order valence-electron chi connectivity index (χ0n) is 7.92. The van der Waals surface area contributed by atoms with Crippen LogP contribution in [0.25, 0.3) is 0 Å². The second-order valence-electron chi connectivity index (χ2n) is 3.51. The monoisotopic (exact) mass is 177 g/mol. The molecule has 0 aliphatic carbocycles. The predicted octanol–water partition coefficient (Wildman–Crippen LogP) is 1.35. The van der Waals surface area contributed by atoms with E-state index in [0.29, 0.717) is 6.04 Å². The molecule has 0 amide bonds. The Morgan fingerprint density at radius 3 is 2.92 bits per heavy atom. The molecular weight excluding hydrogens is 162 g/mol. The number of methoxy groups -OCH3 is 1. The van der Waals surface area contributed by atoms with E-state index >= 15 is 0 Å². The molecule has 0 saturated heterocycles. The SMILES string of the molecule is COC[C@H]1Cc2ccccc2CN1. The molecule has 1 atom stereocenters. The second kappa shape index (κ2) is 3.90. The van der Waals surface area contributed by atoms with Crippen molar-refractivity contribution in [2.45, 2.75) is 19.0 Å². The molecule has 0 saturated carbocycles. The van der Waals surface area contributed by atoms with Gasteiger partial charge in [-0.3, -0.25) is 0 Å². The molecule has 0 bridgehead atoms. The smallest absolute Gasteiger partial charge is 0.0619 e. The molecule has 2 nitrogen and oxygen atoms in total. The molecular formula is C11H15NO. The first-order valence-electron chi connectivity index (χ1n) is 4.69. The van der Waals surface area contributed by atoms with Gasteiger partial charge >= 0.3 is 0 Å². The Labute approximate surface area is 78.9 Å². The lowest BCUT2D eigenvalue weighted by molar-refractivity contribution is 0.162. The van der Waals surface area contributed by atoms with Gasteiger partial charge in [-0.15, -0.1) is 0 Å². The van der Waals surface area contributed by atoms with Crippen molar-refractivity contribution >= 4 is 0 Å². The highest BCUT2D eigenvalue weighted by molar-refractivity contribution is 5.29. The van der Waals surface area contributed by atoms with E-state index in [0.717, 1.165) is 19.6 Å². The maximum absolute atomic E-state index is 5.13. The summed E-state index contributed by atoms with van der Waals surface area (Å²) in [7, 11) is 1.75. The van der Waals surface area contributed by atoms with Crippen molar-refractivity contribution < 1.29 is 4.74 Å². The fourth-order valence-electron chi connectivity index (χ4n) is 1.84. The van der Waals surface area contributed by atoms with Crippen LogP contribution in [-0.4, -0.2) is 19.8 Å². The molecule has 0 aromatic heterocycles. The quantitative estimate of drug-likeness (QED) is 0.736. The number of hydrogen-bond acceptors (Lipinski definition) is 2. The molecule has 1 aromatic rings. The molecule has 0 spiro atoms. The van der Waals surface area contributed by atoms with E-state index < -0.39 is 0 Å². The van der Waals surface area contributed by atoms with E-state index in [2.05, 4.69) is 29.6 Å². The van der Waals surface area contributed by atoms with Crippen molar-refractivity contribution in [3.8, 4) is 0 Å². The highest BCUT2D eigenvalue weighted by atomic mass is 16.5. The fourth-order valence-corrected chi connectivity index (χ4v) is 1.84. The van der Waals surface area contributed by atoms with Crippen LogP contribution in [0, 0.1) is 0 Å². The zero-order chi connectivity index (χ0) is 9.10. The lowest BCUT2D eigenvalue weighted by Crippen LogP contribution is -2.38. The molecule has 0 radical (unpaired) electrons. The standard InChI is InChI=1S/C11H15NO/c1-13-8-11-6-9-4-2-3-5-10(9)7-12-11/h2-5,11-12H,6-8H2,1H3/t11-/m1/s1. The summed E-state index contributed by atoms with van der Waals surface area (Å²) < 4.78 is 5.13. The Hall–Kier alpha value is -0.860. The van der Waals surface area contributed by atoms with Gasteiger partial charge in [-0.25, -0.2) is 0 Å². The summed E-state index contributed by atoms with van der Waals surface area (Å²) in [6, 6.07) is 9.08. The number of benzene rings is 1. The maximum atomic E-state index is 5.13. The third-order valence-corrected chi connectivity index (χ3v) is 2.53. The topological polar surface area (TPSA) is 21.3 Å². The van der Waals surface area contributed by atoms with Gasteiger partial charge in [0.25, 0.3) is 0 Å². The summed E-state index contributed by atoms with van der Waals surface area (Å²) in [5, 5.41) is 3.45. The Morgan fingerprint density at radius 1 is 1.38 bits per heavy atom. The van der Waals surface area contributed by atoms with Gasteiger partial charge in [-0.1, -0.05) is 24.3 Å². The second-order valence-corrected chi connectivity index (χ2v) is 3.51. The van der Waals surface area contributed by atoms with Crippen molar-refractivity contribution in [2.75, 3.05) is 13.7 Å². The van der Waals surface area contributed by atoms with Crippen LogP contribution < -0.4 is 5.32 Å². The first kappa shape index (κ1) is 8.73. The van der Waals surface area contributed by atoms with Crippen molar-refractivity contribution in [3.63, 3.8) is 0 Å². The third kappa shape index (κ3) is 1.90. The number of fused-ring (bicyclic) bond motifs is 1. The van der Waals surface area contributed by atoms with Gasteiger partial charge in [0, 0.05) is 19.7 Å². The first-order chi connectivity index (χ1) is 6.40. The highest BCUT2D eigenvalue weighted by Crippen LogP contribution is 2.15. The van der Waals surface area contributed by atoms with Crippen LogP contribution in [0.2, 0.25) is 0 Å². The molecule has 2 rings (SSSR count). The molecule has 1 aliphatic rings. The van der Waals surface area contributed by atoms with Crippen molar-refractivity contribution in [3.05, 3.63) is 35.4 Å². The molecule has 1 aliphatic heterocycles. The summed E-state index contributed by atoms with van der Waals surface area (Å²) >= 11 is 0. The Balaban J connectivity index is 2.11. The number of ether oxygens (including phenoxy) is 1. The molecule has 70 valence electrons. The average molecular weight is 177 g/mol. The molecule has 1 aromatic carbocycles. The van der Waals surface area contributed by atoms with Crippen LogP contribution in [0.3, 0.4) is 0 Å². The molecule has 1 heterocycles. The Kier molecular flexibility index (Phi) is 2.62. The van der Waals surface area contributed by atoms with Gasteiger partial charge in [0.05, 0.1) is 6.61 Å². The van der Waals surface area contributed by atoms with Crippen LogP contribution in [0.5, 0.6) is 0 Å². The van der Waals surface area contributed by atoms with Crippen LogP contribution in [0.4, 0.5) is 0 Å². The van der Waals surface area contributed by atoms with E-state index in [1.54, 1.807) is 7.11 Å². The summed E-state index contributed by atoms with van der Waals surface area (Å²) in [6.45, 7) is 1.78. The van der Waals surface area contributed by atoms with Gasteiger partial charge in [0.1, 0.15) is 0 Å². The maximum Gasteiger partial charge on any atom is 0.0619 e. The minimum atomic E-state index is 0.486. The van der Waals surface area contributed by atoms with Gasteiger partial charge < -0.3 is 10.1 Å². The number of nitrogens with one attached hydrogen (secondary N) is 1. The number of hydrogen-bond donors (Lipinski definition) is 1. The molecule has 0 fully saturated rings. The van der Waals surface area contributed by atoms with Crippen LogP contribution >= 0.6 is 0 Å². The van der Waals surface area contributed by atoms with E-state index in [9.17, 15) is 0 Å². The molecule has 2 heteroatoms. The van der Waals surface area contributed by atoms with Crippen LogP contribution in [0.1, 0.15) is 11.1 Å². The molecule has 13 heavy (non-hydrogen) atoms. The normalized spacial score (nSPS) is 21.2. The van der Waals surface area contributed by atoms with Crippen LogP contribution in [-0.2, 0) is 17.7 Å². The highest BCUT2D eigenvalue weighted by Gasteiger charge is 2.16. The molecule has 0 unspecified atom stereocenters. The minimum Gasteiger partial charge on any atom is -0.383 e. The van der Waals surface area contributed by atoms with E-state index in [1.807, 2.05) is 0 Å². The largest absolute Gasteiger partial charge is 0.383 e. The van der Waals surface area contributed by atoms with E-state index in [4.69, 9.17) is 4.74 Å². The Bertz CT molecular complexity index is 285. The first-order valence-corrected chi connectivity index (χ1v) is 4.69. The third-order valence-electron chi connectivity index (χ3n) is 2.53. The zero-order valence-corrected chi connectivity index (χ0v) is 7.92. The summed E-state index contributed by atoms with van der Waals surface area (Å²) in [4.78, 5) is 0. The van der Waals surface area contributed by atoms with E-state index in [1.165, 1.54) is 11.1 Å². The van der Waals surface area contributed by atoms with Crippen molar-refractivity contribution in [1.29, 1.82) is 0 Å². The van der Waals surface area contributed by atoms with Crippen molar-refractivity contribution in [1.82, 2.24) is 5.32 Å². The van der Waals surface area contributed by atoms with Crippen LogP contribution in [0.15, 0.2) is 24.3 Å². The van der Waals surface area contributed by atoms with Gasteiger partial charge in [-0.05, 0) is 17.5 Å². The summed E-state index contributed by atoms with van der Waals surface area (Å²) in [6.07, 6.45) is 1.09. The summed E-state index contributed by atoms with van der Waals surface area (Å²) in [5.41, 5.74) is 2.89. The number of rotatable bonds is 2. The predicted molar refractivity (Wildman–Crippen MR) is 52.6 cm³/mol. The fraction of sp³-hybridized carbons (Fsp3) is 0.455. The average Bonchev–Trinajstić information content (AvgIpc) is 2.18. The minimum absolute atomic E-state index is 0.486. The van der Waals surface area contributed by atoms with Gasteiger partial charge in [0.15, 0.2) is 0 Å². The van der Waals surface area contributed by atoms with E-state index in [-0.39, 0.29) is 0 Å². The van der Waals surface area contributed by atoms with Gasteiger partial charge in [0.2, 0.25) is 0 Å². The molecule has 1 N–H and O–H groups in total. The van der Waals surface area contributed by atoms with Gasteiger partial charge in [-0.2, -0.15) is 0 Å². The lowest BCUT2D eigenvalue weighted by atomic mass is 9.96. The Morgan fingerprint density at radius 2 is 2.15 bits per heavy atom.